The first-order valence-corrected chi connectivity index (χ1v) is 18.1. The van der Waals surface area contributed by atoms with Crippen LogP contribution in [0, 0.1) is 0 Å². The molecule has 1 aliphatic rings. The molecule has 0 fully saturated rings. The summed E-state index contributed by atoms with van der Waals surface area (Å²) in [6.45, 7) is 2.46. The largest absolute Gasteiger partial charge is 0.748 e. The molecule has 1 aromatic heterocycles. The Hall–Kier alpha value is -4.59. The van der Waals surface area contributed by atoms with Crippen LogP contribution in [0.5, 0.6) is 5.75 Å². The molecule has 1 aliphatic heterocycles. The zero-order chi connectivity index (χ0) is 33.7. The van der Waals surface area contributed by atoms with Gasteiger partial charge in [-0.05, 0) is 52.4 Å². The maximum absolute atomic E-state index is 11.4. The van der Waals surface area contributed by atoms with E-state index in [1.807, 2.05) is 126 Å². The third-order valence-corrected chi connectivity index (χ3v) is 9.13. The quantitative estimate of drug-likeness (QED) is 0.0819. The number of rotatable bonds is 13. The predicted octanol–water partition coefficient (Wildman–Crippen LogP) is 6.68. The molecule has 12 heteroatoms. The average Bonchev–Trinajstić information content (AvgIpc) is 3.60. The van der Waals surface area contributed by atoms with E-state index in [9.17, 15) is 21.7 Å². The Kier molecular flexibility index (Phi) is 10.2. The van der Waals surface area contributed by atoms with Gasteiger partial charge in [0.25, 0.3) is 5.52 Å². The first kappa shape index (κ1) is 33.3. The highest BCUT2D eigenvalue weighted by Gasteiger charge is 2.28. The van der Waals surface area contributed by atoms with Crippen molar-refractivity contribution in [1.29, 1.82) is 0 Å². The van der Waals surface area contributed by atoms with E-state index in [-0.39, 0.29) is 26.1 Å². The van der Waals surface area contributed by atoms with Crippen LogP contribution in [0.25, 0.3) is 39.4 Å². The molecule has 1 atom stereocenters. The van der Waals surface area contributed by atoms with Crippen molar-refractivity contribution >= 4 is 44.3 Å². The van der Waals surface area contributed by atoms with Crippen molar-refractivity contribution in [3.8, 4) is 28.0 Å². The van der Waals surface area contributed by atoms with E-state index in [4.69, 9.17) is 13.3 Å². The van der Waals surface area contributed by atoms with Crippen molar-refractivity contribution in [2.24, 2.45) is 0 Å². The van der Waals surface area contributed by atoms with Gasteiger partial charge in [-0.3, -0.25) is 8.74 Å². The van der Waals surface area contributed by atoms with Crippen LogP contribution in [0.4, 0.5) is 5.69 Å². The number of benzene rings is 4. The van der Waals surface area contributed by atoms with Crippen molar-refractivity contribution in [3.05, 3.63) is 120 Å². The van der Waals surface area contributed by atoms with Crippen LogP contribution >= 0.6 is 0 Å². The second-order valence-electron chi connectivity index (χ2n) is 11.2. The summed E-state index contributed by atoms with van der Waals surface area (Å²) in [7, 11) is -4.39. The molecule has 10 nitrogen and oxygen atoms in total. The minimum atomic E-state index is -4.39. The molecule has 5 aromatic rings. The standard InChI is InChI=1S/C36H34N2O8S2/c1-2-26(23-36-38(19-20-44-47(39)40)32-25-30(15-17-34(32)46-36)28-12-7-4-8-13-28)22-35-37(18-9-21-48(41,42)43)31-24-29(14-16-33(31)45-35)27-10-5-3-6-11-27/h3-8,10-17,22-25H,2,9,18-21H2,1H3,(H-,39,40,41,42,43). The molecule has 6 rings (SSSR count). The molecule has 0 amide bonds. The van der Waals surface area contributed by atoms with Gasteiger partial charge in [0.1, 0.15) is 0 Å². The summed E-state index contributed by atoms with van der Waals surface area (Å²) in [5.41, 5.74) is 7.02. The van der Waals surface area contributed by atoms with Crippen LogP contribution in [-0.2, 0) is 32.2 Å². The van der Waals surface area contributed by atoms with Crippen molar-refractivity contribution in [3.63, 3.8) is 0 Å². The van der Waals surface area contributed by atoms with E-state index in [1.165, 1.54) is 0 Å². The number of fused-ring (bicyclic) bond motifs is 2. The van der Waals surface area contributed by atoms with Gasteiger partial charge in [0.15, 0.2) is 12.3 Å². The van der Waals surface area contributed by atoms with E-state index in [2.05, 4.69) is 0 Å². The number of hydrogen-bond donors (Lipinski definition) is 1. The lowest BCUT2D eigenvalue weighted by Gasteiger charge is -2.18. The van der Waals surface area contributed by atoms with Gasteiger partial charge >= 0.3 is 17.3 Å². The molecule has 0 radical (unpaired) electrons. The molecule has 0 saturated carbocycles. The SMILES string of the molecule is CCC(=Cc1oc2ccc(-c3ccccc3)cc2[n+]1CCCS(=O)(=O)[O-])C=C1Oc2ccc(-c3ccccc3)cc2N1CCOS(=O)O. The second kappa shape index (κ2) is 14.7. The first-order valence-electron chi connectivity index (χ1n) is 15.4. The number of hydrogen-bond acceptors (Lipinski definition) is 8. The van der Waals surface area contributed by atoms with E-state index in [0.29, 0.717) is 29.5 Å². The second-order valence-corrected chi connectivity index (χ2v) is 13.3. The summed E-state index contributed by atoms with van der Waals surface area (Å²) < 4.78 is 74.3. The maximum atomic E-state index is 11.4. The van der Waals surface area contributed by atoms with Crippen LogP contribution in [0.15, 0.2) is 119 Å². The van der Waals surface area contributed by atoms with Gasteiger partial charge < -0.3 is 18.6 Å². The Morgan fingerprint density at radius 2 is 1.62 bits per heavy atom. The Balaban J connectivity index is 1.39. The summed E-state index contributed by atoms with van der Waals surface area (Å²) in [5, 5.41) is 0. The third-order valence-electron chi connectivity index (χ3n) is 7.98. The zero-order valence-electron chi connectivity index (χ0n) is 26.2. The molecule has 1 unspecified atom stereocenters. The minimum Gasteiger partial charge on any atom is -0.748 e. The molecule has 1 N–H and O–H groups in total. The van der Waals surface area contributed by atoms with Crippen molar-refractivity contribution < 1.29 is 39.6 Å². The fourth-order valence-electron chi connectivity index (χ4n) is 5.66. The fraction of sp³-hybridized carbons (Fsp3) is 0.194. The van der Waals surface area contributed by atoms with Crippen molar-refractivity contribution in [1.82, 2.24) is 0 Å². The van der Waals surface area contributed by atoms with Gasteiger partial charge in [-0.1, -0.05) is 79.7 Å². The van der Waals surface area contributed by atoms with Crippen molar-refractivity contribution in [2.75, 3.05) is 23.8 Å². The fourth-order valence-corrected chi connectivity index (χ4v) is 6.36. The highest BCUT2D eigenvalue weighted by molar-refractivity contribution is 7.85. The van der Waals surface area contributed by atoms with Crippen LogP contribution in [0.3, 0.4) is 0 Å². The van der Waals surface area contributed by atoms with E-state index in [1.54, 1.807) is 0 Å². The third kappa shape index (κ3) is 7.92. The molecular weight excluding hydrogens is 653 g/mol. The number of allylic oxidation sites excluding steroid dienone is 2. The molecule has 248 valence electrons. The van der Waals surface area contributed by atoms with E-state index < -0.39 is 27.2 Å². The Morgan fingerprint density at radius 3 is 2.27 bits per heavy atom. The first-order chi connectivity index (χ1) is 23.2. The lowest BCUT2D eigenvalue weighted by atomic mass is 10.0. The molecule has 0 aliphatic carbocycles. The smallest absolute Gasteiger partial charge is 0.374 e. The molecule has 0 saturated heterocycles. The minimum absolute atomic E-state index is 0.0278. The number of oxazole rings is 1. The molecule has 0 bridgehead atoms. The summed E-state index contributed by atoms with van der Waals surface area (Å²) in [6, 6.07) is 31.6. The summed E-state index contributed by atoms with van der Waals surface area (Å²) in [5.74, 6) is 1.13. The summed E-state index contributed by atoms with van der Waals surface area (Å²) >= 11 is -2.41. The predicted molar refractivity (Wildman–Crippen MR) is 184 cm³/mol. The zero-order valence-corrected chi connectivity index (χ0v) is 27.8. The molecule has 2 heterocycles. The number of aromatic nitrogens is 1. The molecule has 48 heavy (non-hydrogen) atoms. The summed E-state index contributed by atoms with van der Waals surface area (Å²) in [4.78, 5) is 1.90. The Bertz CT molecular complexity index is 2110. The van der Waals surface area contributed by atoms with Gasteiger partial charge in [0.2, 0.25) is 11.5 Å². The van der Waals surface area contributed by atoms with Crippen LogP contribution < -0.4 is 14.2 Å². The lowest BCUT2D eigenvalue weighted by Crippen LogP contribution is -2.36. The Labute approximate surface area is 281 Å². The normalized spacial score (nSPS) is 14.8. The average molecular weight is 687 g/mol. The number of aryl methyl sites for hydroxylation is 1. The molecule has 0 spiro atoms. The van der Waals surface area contributed by atoms with Crippen LogP contribution in [-0.4, -0.2) is 40.6 Å². The highest BCUT2D eigenvalue weighted by atomic mass is 32.2. The van der Waals surface area contributed by atoms with Gasteiger partial charge in [-0.15, -0.1) is 0 Å². The topological polar surface area (TPSA) is 133 Å². The lowest BCUT2D eigenvalue weighted by molar-refractivity contribution is -0.677. The number of nitrogens with zero attached hydrogens (tertiary/aromatic N) is 2. The van der Waals surface area contributed by atoms with Crippen LogP contribution in [0.1, 0.15) is 25.7 Å². The van der Waals surface area contributed by atoms with Gasteiger partial charge in [0.05, 0.1) is 35.0 Å². The van der Waals surface area contributed by atoms with Gasteiger partial charge in [-0.25, -0.2) is 8.42 Å². The van der Waals surface area contributed by atoms with Gasteiger partial charge in [-0.2, -0.15) is 8.78 Å². The molecule has 4 aromatic carbocycles. The number of ether oxygens (including phenoxy) is 1. The molecular formula is C36H34N2O8S2. The van der Waals surface area contributed by atoms with Crippen LogP contribution in [0.2, 0.25) is 0 Å². The monoisotopic (exact) mass is 686 g/mol. The van der Waals surface area contributed by atoms with E-state index in [0.717, 1.165) is 39.0 Å². The maximum Gasteiger partial charge on any atom is 0.374 e. The highest BCUT2D eigenvalue weighted by Crippen LogP contribution is 2.42. The summed E-state index contributed by atoms with van der Waals surface area (Å²) in [6.07, 6.45) is 4.46. The number of anilines is 1. The van der Waals surface area contributed by atoms with E-state index >= 15 is 0 Å². The Morgan fingerprint density at radius 1 is 0.958 bits per heavy atom. The van der Waals surface area contributed by atoms with Gasteiger partial charge in [0, 0.05) is 24.3 Å². The van der Waals surface area contributed by atoms with Crippen molar-refractivity contribution in [2.45, 2.75) is 26.3 Å².